The molecule has 0 N–H and O–H groups in total. The van der Waals surface area contributed by atoms with Crippen LogP contribution in [0.4, 0.5) is 11.6 Å². The number of rotatable bonds is 3. The summed E-state index contributed by atoms with van der Waals surface area (Å²) in [6.45, 7) is 7.95. The highest BCUT2D eigenvalue weighted by Crippen LogP contribution is 2.33. The zero-order chi connectivity index (χ0) is 20.2. The van der Waals surface area contributed by atoms with E-state index in [0.29, 0.717) is 41.1 Å². The SMILES string of the molecule is CC(C)Cn1c(=O)c2c(nc3n2CC(C)CN3c2cccc(Cl)c2)n(C)c1=O. The molecule has 1 aromatic carbocycles. The Morgan fingerprint density at radius 3 is 2.68 bits per heavy atom. The number of aryl methyl sites for hydroxylation is 1. The topological polar surface area (TPSA) is 65.1 Å². The molecule has 148 valence electrons. The molecule has 0 aliphatic carbocycles. The first kappa shape index (κ1) is 18.8. The van der Waals surface area contributed by atoms with Gasteiger partial charge in [-0.2, -0.15) is 4.98 Å². The Kier molecular flexibility index (Phi) is 4.57. The molecule has 7 nitrogen and oxygen atoms in total. The molecule has 0 radical (unpaired) electrons. The van der Waals surface area contributed by atoms with Crippen molar-refractivity contribution < 1.29 is 0 Å². The molecule has 0 saturated carbocycles. The third-order valence-corrected chi connectivity index (χ3v) is 5.34. The monoisotopic (exact) mass is 401 g/mol. The van der Waals surface area contributed by atoms with Crippen LogP contribution in [0.5, 0.6) is 0 Å². The summed E-state index contributed by atoms with van der Waals surface area (Å²) >= 11 is 6.19. The van der Waals surface area contributed by atoms with Crippen molar-refractivity contribution >= 4 is 34.4 Å². The number of anilines is 2. The van der Waals surface area contributed by atoms with Crippen molar-refractivity contribution in [3.05, 3.63) is 50.1 Å². The Balaban J connectivity index is 2.01. The quantitative estimate of drug-likeness (QED) is 0.676. The number of hydrogen-bond acceptors (Lipinski definition) is 4. The van der Waals surface area contributed by atoms with Gasteiger partial charge < -0.3 is 9.47 Å². The van der Waals surface area contributed by atoms with Crippen molar-refractivity contribution in [3.8, 4) is 0 Å². The fraction of sp³-hybridized carbons (Fsp3) is 0.450. The van der Waals surface area contributed by atoms with Gasteiger partial charge in [0.2, 0.25) is 5.95 Å². The second-order valence-corrected chi connectivity index (χ2v) is 8.48. The van der Waals surface area contributed by atoms with E-state index in [9.17, 15) is 9.59 Å². The van der Waals surface area contributed by atoms with E-state index < -0.39 is 0 Å². The largest absolute Gasteiger partial charge is 0.332 e. The van der Waals surface area contributed by atoms with Crippen LogP contribution in [0.25, 0.3) is 11.2 Å². The number of halogens is 1. The van der Waals surface area contributed by atoms with Crippen LogP contribution in [0.1, 0.15) is 20.8 Å². The van der Waals surface area contributed by atoms with Gasteiger partial charge in [-0.15, -0.1) is 0 Å². The lowest BCUT2D eigenvalue weighted by Gasteiger charge is -2.33. The van der Waals surface area contributed by atoms with E-state index >= 15 is 0 Å². The number of hydrogen-bond donors (Lipinski definition) is 0. The van der Waals surface area contributed by atoms with Gasteiger partial charge in [0.25, 0.3) is 5.56 Å². The summed E-state index contributed by atoms with van der Waals surface area (Å²) in [5.41, 5.74) is 1.22. The summed E-state index contributed by atoms with van der Waals surface area (Å²) in [7, 11) is 1.67. The molecule has 0 amide bonds. The predicted octanol–water partition coefficient (Wildman–Crippen LogP) is 2.99. The van der Waals surface area contributed by atoms with E-state index in [-0.39, 0.29) is 17.2 Å². The molecule has 0 fully saturated rings. The zero-order valence-corrected chi connectivity index (χ0v) is 17.3. The van der Waals surface area contributed by atoms with Crippen LogP contribution in [0, 0.1) is 11.8 Å². The van der Waals surface area contributed by atoms with Gasteiger partial charge in [-0.25, -0.2) is 4.79 Å². The van der Waals surface area contributed by atoms with Crippen molar-refractivity contribution in [1.29, 1.82) is 0 Å². The molecule has 3 aromatic rings. The number of benzene rings is 1. The lowest BCUT2D eigenvalue weighted by Crippen LogP contribution is -2.41. The lowest BCUT2D eigenvalue weighted by molar-refractivity contribution is 0.454. The average Bonchev–Trinajstić information content (AvgIpc) is 3.02. The normalized spacial score (nSPS) is 16.8. The van der Waals surface area contributed by atoms with Crippen LogP contribution in [0.15, 0.2) is 33.9 Å². The maximum atomic E-state index is 13.2. The van der Waals surface area contributed by atoms with Crippen LogP contribution in [-0.4, -0.2) is 25.2 Å². The van der Waals surface area contributed by atoms with Gasteiger partial charge >= 0.3 is 5.69 Å². The molecular weight excluding hydrogens is 378 g/mol. The fourth-order valence-electron chi connectivity index (χ4n) is 3.89. The van der Waals surface area contributed by atoms with Crippen LogP contribution in [0.3, 0.4) is 0 Å². The van der Waals surface area contributed by atoms with E-state index in [1.54, 1.807) is 7.05 Å². The number of fused-ring (bicyclic) bond motifs is 3. The first-order valence-electron chi connectivity index (χ1n) is 9.51. The van der Waals surface area contributed by atoms with Gasteiger partial charge in [0.1, 0.15) is 0 Å². The van der Waals surface area contributed by atoms with Crippen LogP contribution >= 0.6 is 11.6 Å². The van der Waals surface area contributed by atoms with Gasteiger partial charge in [0.15, 0.2) is 11.2 Å². The van der Waals surface area contributed by atoms with Crippen molar-refractivity contribution in [2.45, 2.75) is 33.9 Å². The Hall–Kier alpha value is -2.54. The maximum Gasteiger partial charge on any atom is 0.332 e. The van der Waals surface area contributed by atoms with Crippen molar-refractivity contribution in [2.24, 2.45) is 18.9 Å². The van der Waals surface area contributed by atoms with Gasteiger partial charge in [-0.1, -0.05) is 38.4 Å². The Bertz CT molecular complexity index is 1170. The fourth-order valence-corrected chi connectivity index (χ4v) is 4.08. The molecule has 1 aliphatic rings. The molecule has 28 heavy (non-hydrogen) atoms. The predicted molar refractivity (Wildman–Crippen MR) is 112 cm³/mol. The van der Waals surface area contributed by atoms with E-state index in [2.05, 4.69) is 11.8 Å². The number of aromatic nitrogens is 4. The van der Waals surface area contributed by atoms with Gasteiger partial charge in [-0.05, 0) is 30.0 Å². The minimum Gasteiger partial charge on any atom is -0.312 e. The van der Waals surface area contributed by atoms with Crippen molar-refractivity contribution in [1.82, 2.24) is 18.7 Å². The molecule has 3 heterocycles. The van der Waals surface area contributed by atoms with Crippen molar-refractivity contribution in [3.63, 3.8) is 0 Å². The summed E-state index contributed by atoms with van der Waals surface area (Å²) in [4.78, 5) is 32.8. The molecular formula is C20H24ClN5O2. The summed E-state index contributed by atoms with van der Waals surface area (Å²) in [5, 5.41) is 0.644. The zero-order valence-electron chi connectivity index (χ0n) is 16.5. The minimum atomic E-state index is -0.330. The van der Waals surface area contributed by atoms with E-state index in [4.69, 9.17) is 16.6 Å². The first-order chi connectivity index (χ1) is 13.3. The Labute approximate surface area is 167 Å². The third-order valence-electron chi connectivity index (χ3n) is 5.11. The highest BCUT2D eigenvalue weighted by Gasteiger charge is 2.29. The average molecular weight is 402 g/mol. The molecule has 0 saturated heterocycles. The highest BCUT2D eigenvalue weighted by molar-refractivity contribution is 6.30. The lowest BCUT2D eigenvalue weighted by atomic mass is 10.1. The molecule has 1 unspecified atom stereocenters. The van der Waals surface area contributed by atoms with E-state index in [0.717, 1.165) is 12.2 Å². The molecule has 1 aliphatic heterocycles. The summed E-state index contributed by atoms with van der Waals surface area (Å²) < 4.78 is 4.75. The number of imidazole rings is 1. The van der Waals surface area contributed by atoms with Crippen LogP contribution in [0.2, 0.25) is 5.02 Å². The second kappa shape index (κ2) is 6.81. The summed E-state index contributed by atoms with van der Waals surface area (Å²) in [6, 6.07) is 7.59. The van der Waals surface area contributed by atoms with E-state index in [1.807, 2.05) is 42.7 Å². The molecule has 8 heteroatoms. The van der Waals surface area contributed by atoms with E-state index in [1.165, 1.54) is 9.13 Å². The van der Waals surface area contributed by atoms with Gasteiger partial charge in [0.05, 0.1) is 0 Å². The standard InChI is InChI=1S/C20H24ClN5O2/c1-12(2)9-26-18(27)16-17(23(4)20(26)28)22-19-24(10-13(3)11-25(16)19)15-7-5-6-14(21)8-15/h5-8,12-13H,9-11H2,1-4H3. The second-order valence-electron chi connectivity index (χ2n) is 8.04. The van der Waals surface area contributed by atoms with Gasteiger partial charge in [-0.3, -0.25) is 13.9 Å². The Morgan fingerprint density at radius 2 is 2.00 bits per heavy atom. The van der Waals surface area contributed by atoms with Crippen LogP contribution in [-0.2, 0) is 20.1 Å². The minimum absolute atomic E-state index is 0.188. The molecule has 1 atom stereocenters. The highest BCUT2D eigenvalue weighted by atomic mass is 35.5. The molecule has 0 bridgehead atoms. The van der Waals surface area contributed by atoms with Crippen LogP contribution < -0.4 is 16.1 Å². The summed E-state index contributed by atoms with van der Waals surface area (Å²) in [6.07, 6.45) is 0. The maximum absolute atomic E-state index is 13.2. The smallest absolute Gasteiger partial charge is 0.312 e. The first-order valence-corrected chi connectivity index (χ1v) is 9.89. The molecule has 0 spiro atoms. The number of nitrogens with zero attached hydrogens (tertiary/aromatic N) is 5. The molecule has 2 aromatic heterocycles. The van der Waals surface area contributed by atoms with Crippen molar-refractivity contribution in [2.75, 3.05) is 11.4 Å². The van der Waals surface area contributed by atoms with Gasteiger partial charge in [0, 0.05) is 37.4 Å². The third kappa shape index (κ3) is 2.94. The summed E-state index contributed by atoms with van der Waals surface area (Å²) in [5.74, 6) is 1.16. The Morgan fingerprint density at radius 1 is 1.25 bits per heavy atom. The molecule has 4 rings (SSSR count).